The molecule has 0 radical (unpaired) electrons. The summed E-state index contributed by atoms with van der Waals surface area (Å²) in [6.45, 7) is 13.9. The minimum absolute atomic E-state index is 0.357. The number of nitrogens with two attached hydrogens (primary N) is 1. The summed E-state index contributed by atoms with van der Waals surface area (Å²) in [6, 6.07) is 4.89. The highest BCUT2D eigenvalue weighted by Gasteiger charge is 2.20. The standard InChI is InChI=1S/C16H28N2/c1-6-8-18(7-2)15(11-17)16-13(4)9-12(3)10-14(16)5/h9-10,15H,6-8,11,17H2,1-5H3. The Morgan fingerprint density at radius 3 is 2.06 bits per heavy atom. The molecular weight excluding hydrogens is 220 g/mol. The van der Waals surface area contributed by atoms with Gasteiger partial charge in [0.2, 0.25) is 0 Å². The molecule has 1 rings (SSSR count). The van der Waals surface area contributed by atoms with Crippen LogP contribution >= 0.6 is 0 Å². The van der Waals surface area contributed by atoms with E-state index in [1.54, 1.807) is 0 Å². The molecule has 1 unspecified atom stereocenters. The van der Waals surface area contributed by atoms with E-state index in [4.69, 9.17) is 5.73 Å². The molecule has 2 N–H and O–H groups in total. The van der Waals surface area contributed by atoms with Gasteiger partial charge in [-0.05, 0) is 57.0 Å². The number of benzene rings is 1. The third-order valence-electron chi connectivity index (χ3n) is 3.65. The molecule has 0 aliphatic carbocycles. The smallest absolute Gasteiger partial charge is 0.0475 e. The first-order valence-electron chi connectivity index (χ1n) is 7.06. The average Bonchev–Trinajstić information content (AvgIpc) is 2.31. The number of hydrogen-bond acceptors (Lipinski definition) is 2. The Hall–Kier alpha value is -0.860. The van der Waals surface area contributed by atoms with Gasteiger partial charge in [-0.15, -0.1) is 0 Å². The van der Waals surface area contributed by atoms with Crippen molar-refractivity contribution < 1.29 is 0 Å². The highest BCUT2D eigenvalue weighted by molar-refractivity contribution is 5.39. The SMILES string of the molecule is CCCN(CC)C(CN)c1c(C)cc(C)cc1C. The van der Waals surface area contributed by atoms with Crippen LogP contribution < -0.4 is 5.73 Å². The molecule has 0 aliphatic heterocycles. The summed E-state index contributed by atoms with van der Waals surface area (Å²) in [7, 11) is 0. The third-order valence-corrected chi connectivity index (χ3v) is 3.65. The van der Waals surface area contributed by atoms with Gasteiger partial charge in [0.05, 0.1) is 0 Å². The first kappa shape index (κ1) is 15.2. The van der Waals surface area contributed by atoms with E-state index in [9.17, 15) is 0 Å². The monoisotopic (exact) mass is 248 g/mol. The Labute approximate surface area is 112 Å². The van der Waals surface area contributed by atoms with E-state index in [0.29, 0.717) is 12.6 Å². The lowest BCUT2D eigenvalue weighted by molar-refractivity contribution is 0.211. The number of rotatable bonds is 6. The van der Waals surface area contributed by atoms with Crippen molar-refractivity contribution in [2.24, 2.45) is 5.73 Å². The first-order chi connectivity index (χ1) is 8.54. The van der Waals surface area contributed by atoms with Crippen molar-refractivity contribution in [3.05, 3.63) is 34.4 Å². The molecule has 2 heteroatoms. The van der Waals surface area contributed by atoms with Crippen molar-refractivity contribution in [1.82, 2.24) is 4.90 Å². The molecule has 18 heavy (non-hydrogen) atoms. The van der Waals surface area contributed by atoms with E-state index in [1.807, 2.05) is 0 Å². The topological polar surface area (TPSA) is 29.3 Å². The van der Waals surface area contributed by atoms with Crippen LogP contribution in [0.2, 0.25) is 0 Å². The van der Waals surface area contributed by atoms with Crippen molar-refractivity contribution in [3.63, 3.8) is 0 Å². The summed E-state index contributed by atoms with van der Waals surface area (Å²) in [6.07, 6.45) is 1.17. The molecule has 1 atom stereocenters. The zero-order valence-electron chi connectivity index (χ0n) is 12.6. The fourth-order valence-electron chi connectivity index (χ4n) is 2.99. The highest BCUT2D eigenvalue weighted by atomic mass is 15.2. The van der Waals surface area contributed by atoms with Gasteiger partial charge in [-0.1, -0.05) is 31.5 Å². The molecule has 0 saturated carbocycles. The Kier molecular flexibility index (Phi) is 5.83. The van der Waals surface area contributed by atoms with Crippen LogP contribution in [-0.2, 0) is 0 Å². The Bertz CT molecular complexity index is 362. The molecular formula is C16H28N2. The fraction of sp³-hybridized carbons (Fsp3) is 0.625. The van der Waals surface area contributed by atoms with Gasteiger partial charge in [0.1, 0.15) is 0 Å². The van der Waals surface area contributed by atoms with Gasteiger partial charge in [0.25, 0.3) is 0 Å². The summed E-state index contributed by atoms with van der Waals surface area (Å²) >= 11 is 0. The van der Waals surface area contributed by atoms with E-state index in [0.717, 1.165) is 13.1 Å². The van der Waals surface area contributed by atoms with Crippen LogP contribution in [0.3, 0.4) is 0 Å². The van der Waals surface area contributed by atoms with Gasteiger partial charge in [0, 0.05) is 12.6 Å². The van der Waals surface area contributed by atoms with Crippen molar-refractivity contribution in [1.29, 1.82) is 0 Å². The molecule has 0 amide bonds. The molecule has 0 aliphatic rings. The highest BCUT2D eigenvalue weighted by Crippen LogP contribution is 2.27. The average molecular weight is 248 g/mol. The second-order valence-corrected chi connectivity index (χ2v) is 5.19. The van der Waals surface area contributed by atoms with Gasteiger partial charge in [-0.25, -0.2) is 0 Å². The van der Waals surface area contributed by atoms with Crippen molar-refractivity contribution in [3.8, 4) is 0 Å². The molecule has 0 spiro atoms. The van der Waals surface area contributed by atoms with E-state index in [1.165, 1.54) is 28.7 Å². The molecule has 0 saturated heterocycles. The number of nitrogens with zero attached hydrogens (tertiary/aromatic N) is 1. The minimum atomic E-state index is 0.357. The molecule has 0 bridgehead atoms. The largest absolute Gasteiger partial charge is 0.329 e. The van der Waals surface area contributed by atoms with E-state index in [2.05, 4.69) is 51.7 Å². The van der Waals surface area contributed by atoms with E-state index < -0.39 is 0 Å². The number of aryl methyl sites for hydroxylation is 3. The van der Waals surface area contributed by atoms with Crippen LogP contribution in [0, 0.1) is 20.8 Å². The lowest BCUT2D eigenvalue weighted by Crippen LogP contribution is -2.35. The maximum Gasteiger partial charge on any atom is 0.0475 e. The lowest BCUT2D eigenvalue weighted by atomic mass is 9.93. The molecule has 0 heterocycles. The van der Waals surface area contributed by atoms with Crippen LogP contribution in [-0.4, -0.2) is 24.5 Å². The van der Waals surface area contributed by atoms with Crippen molar-refractivity contribution >= 4 is 0 Å². The quantitative estimate of drug-likeness (QED) is 0.836. The van der Waals surface area contributed by atoms with Gasteiger partial charge in [0.15, 0.2) is 0 Å². The van der Waals surface area contributed by atoms with Crippen molar-refractivity contribution in [2.75, 3.05) is 19.6 Å². The van der Waals surface area contributed by atoms with Crippen LogP contribution in [0.5, 0.6) is 0 Å². The maximum absolute atomic E-state index is 6.05. The molecule has 1 aromatic rings. The predicted octanol–water partition coefficient (Wildman–Crippen LogP) is 3.34. The Balaban J connectivity index is 3.15. The molecule has 2 nitrogen and oxygen atoms in total. The third kappa shape index (κ3) is 3.33. The molecule has 0 fully saturated rings. The van der Waals surface area contributed by atoms with Gasteiger partial charge < -0.3 is 5.73 Å². The molecule has 102 valence electrons. The number of hydrogen-bond donors (Lipinski definition) is 1. The Morgan fingerprint density at radius 2 is 1.67 bits per heavy atom. The minimum Gasteiger partial charge on any atom is -0.329 e. The van der Waals surface area contributed by atoms with E-state index in [-0.39, 0.29) is 0 Å². The summed E-state index contributed by atoms with van der Waals surface area (Å²) in [5, 5.41) is 0. The lowest BCUT2D eigenvalue weighted by Gasteiger charge is -2.32. The second-order valence-electron chi connectivity index (χ2n) is 5.19. The zero-order chi connectivity index (χ0) is 13.7. The van der Waals surface area contributed by atoms with Gasteiger partial charge >= 0.3 is 0 Å². The summed E-state index contributed by atoms with van der Waals surface area (Å²) in [4.78, 5) is 2.49. The fourth-order valence-corrected chi connectivity index (χ4v) is 2.99. The first-order valence-corrected chi connectivity index (χ1v) is 7.06. The Morgan fingerprint density at radius 1 is 1.11 bits per heavy atom. The van der Waals surface area contributed by atoms with Crippen LogP contribution in [0.15, 0.2) is 12.1 Å². The summed E-state index contributed by atoms with van der Waals surface area (Å²) < 4.78 is 0. The van der Waals surface area contributed by atoms with Crippen LogP contribution in [0.4, 0.5) is 0 Å². The summed E-state index contributed by atoms with van der Waals surface area (Å²) in [5.41, 5.74) is 11.6. The summed E-state index contributed by atoms with van der Waals surface area (Å²) in [5.74, 6) is 0. The van der Waals surface area contributed by atoms with Gasteiger partial charge in [-0.3, -0.25) is 4.90 Å². The molecule has 0 aromatic heterocycles. The van der Waals surface area contributed by atoms with Gasteiger partial charge in [-0.2, -0.15) is 0 Å². The van der Waals surface area contributed by atoms with Crippen LogP contribution in [0.25, 0.3) is 0 Å². The maximum atomic E-state index is 6.05. The zero-order valence-corrected chi connectivity index (χ0v) is 12.6. The molecule has 1 aromatic carbocycles. The normalized spacial score (nSPS) is 13.1. The predicted molar refractivity (Wildman–Crippen MR) is 80.0 cm³/mol. The second kappa shape index (κ2) is 6.91. The van der Waals surface area contributed by atoms with E-state index >= 15 is 0 Å². The number of likely N-dealkylation sites (N-methyl/N-ethyl adjacent to an activating group) is 1. The van der Waals surface area contributed by atoms with Crippen LogP contribution in [0.1, 0.15) is 48.6 Å². The van der Waals surface area contributed by atoms with Crippen molar-refractivity contribution in [2.45, 2.75) is 47.1 Å².